The molecule has 0 fully saturated rings. The Morgan fingerprint density at radius 3 is 1.40 bits per heavy atom. The van der Waals surface area contributed by atoms with E-state index < -0.39 is 0 Å². The molecule has 34 valence electrons. The van der Waals surface area contributed by atoms with E-state index in [1.165, 1.54) is 0 Å². The first-order chi connectivity index (χ1) is 1.73. The molecule has 0 spiro atoms. The fraction of sp³-hybridized carbons (Fsp3) is 1.00. The van der Waals surface area contributed by atoms with Crippen molar-refractivity contribution in [2.75, 3.05) is 0 Å². The van der Waals surface area contributed by atoms with Crippen molar-refractivity contribution in [1.82, 2.24) is 0 Å². The summed E-state index contributed by atoms with van der Waals surface area (Å²) < 4.78 is 0. The average Bonchev–Trinajstić information content (AvgIpc) is 0.811. The molecule has 0 aromatic carbocycles. The van der Waals surface area contributed by atoms with Crippen LogP contribution in [-0.4, -0.2) is 6.04 Å². The number of rotatable bonds is 0. The molecule has 0 aromatic heterocycles. The van der Waals surface area contributed by atoms with Crippen molar-refractivity contribution < 1.29 is 22.7 Å². The summed E-state index contributed by atoms with van der Waals surface area (Å²) in [6, 6.07) is 0.583. The normalized spacial score (nSPS) is 7.20. The third-order valence-electron chi connectivity index (χ3n) is 0. The minimum absolute atomic E-state index is 0. The van der Waals surface area contributed by atoms with Gasteiger partial charge in [0, 0.05) is 0 Å². The lowest BCUT2D eigenvalue weighted by atomic mass is 10.5. The highest BCUT2D eigenvalue weighted by Gasteiger charge is 1.72. The van der Waals surface area contributed by atoms with Gasteiger partial charge in [0.25, 0.3) is 0 Å². The zero-order chi connectivity index (χ0) is 3.58. The van der Waals surface area contributed by atoms with Gasteiger partial charge < -0.3 is 22.7 Å². The Morgan fingerprint density at radius 2 is 1.40 bits per heavy atom. The SMILES string of the molecule is CC(C)[NH3+].[Br-]. The Kier molecular flexibility index (Phi) is 8.05. The van der Waals surface area contributed by atoms with Gasteiger partial charge in [0.05, 0.1) is 6.04 Å². The molecule has 2 heteroatoms. The van der Waals surface area contributed by atoms with Crippen LogP contribution in [0.5, 0.6) is 0 Å². The molecule has 0 aliphatic rings. The Balaban J connectivity index is 0. The summed E-state index contributed by atoms with van der Waals surface area (Å²) >= 11 is 0. The maximum absolute atomic E-state index is 3.64. The van der Waals surface area contributed by atoms with Crippen LogP contribution in [-0.2, 0) is 0 Å². The van der Waals surface area contributed by atoms with E-state index in [-0.39, 0.29) is 17.0 Å². The van der Waals surface area contributed by atoms with Gasteiger partial charge in [-0.1, -0.05) is 0 Å². The fourth-order valence-electron chi connectivity index (χ4n) is 0. The maximum atomic E-state index is 3.64. The van der Waals surface area contributed by atoms with E-state index in [4.69, 9.17) is 0 Å². The molecule has 0 rings (SSSR count). The van der Waals surface area contributed by atoms with E-state index in [0.29, 0.717) is 6.04 Å². The minimum atomic E-state index is 0. The molecule has 1 nitrogen and oxygen atoms in total. The second-order valence-corrected chi connectivity index (χ2v) is 1.39. The van der Waals surface area contributed by atoms with Gasteiger partial charge in [0.15, 0.2) is 0 Å². The summed E-state index contributed by atoms with van der Waals surface area (Å²) in [4.78, 5) is 0. The van der Waals surface area contributed by atoms with E-state index in [1.807, 2.05) is 0 Å². The second-order valence-electron chi connectivity index (χ2n) is 1.39. The Labute approximate surface area is 43.3 Å². The van der Waals surface area contributed by atoms with Crippen LogP contribution in [0.2, 0.25) is 0 Å². The highest BCUT2D eigenvalue weighted by atomic mass is 79.9. The summed E-state index contributed by atoms with van der Waals surface area (Å²) in [5, 5.41) is 0. The third-order valence-corrected chi connectivity index (χ3v) is 0. The molecule has 0 heterocycles. The van der Waals surface area contributed by atoms with Crippen LogP contribution >= 0.6 is 0 Å². The molecule has 0 aliphatic heterocycles. The monoisotopic (exact) mass is 139 g/mol. The van der Waals surface area contributed by atoms with Crippen molar-refractivity contribution in [3.63, 3.8) is 0 Å². The highest BCUT2D eigenvalue weighted by Crippen LogP contribution is 1.53. The maximum Gasteiger partial charge on any atom is 0.0786 e. The molecule has 0 bridgehead atoms. The van der Waals surface area contributed by atoms with Crippen molar-refractivity contribution in [2.45, 2.75) is 19.9 Å². The van der Waals surface area contributed by atoms with Gasteiger partial charge in [-0.05, 0) is 13.8 Å². The molecule has 0 atom stereocenters. The van der Waals surface area contributed by atoms with Crippen LogP contribution in [0.1, 0.15) is 13.8 Å². The highest BCUT2D eigenvalue weighted by molar-refractivity contribution is 4.17. The smallest absolute Gasteiger partial charge is 0.0786 e. The van der Waals surface area contributed by atoms with Gasteiger partial charge in [0.2, 0.25) is 0 Å². The Hall–Kier alpha value is 0.440. The van der Waals surface area contributed by atoms with Gasteiger partial charge in [-0.2, -0.15) is 0 Å². The average molecular weight is 140 g/mol. The van der Waals surface area contributed by atoms with Crippen LogP contribution in [0.3, 0.4) is 0 Å². The summed E-state index contributed by atoms with van der Waals surface area (Å²) in [5.41, 5.74) is 3.64. The van der Waals surface area contributed by atoms with E-state index in [1.54, 1.807) is 0 Å². The molecule has 3 N–H and O–H groups in total. The zero-order valence-corrected chi connectivity index (χ0v) is 5.25. The van der Waals surface area contributed by atoms with E-state index in [9.17, 15) is 0 Å². The number of quaternary nitrogens is 1. The zero-order valence-electron chi connectivity index (χ0n) is 3.66. The molecular weight excluding hydrogens is 130 g/mol. The Morgan fingerprint density at radius 1 is 1.40 bits per heavy atom. The lowest BCUT2D eigenvalue weighted by Crippen LogP contribution is -3.00. The van der Waals surface area contributed by atoms with Gasteiger partial charge in [-0.15, -0.1) is 0 Å². The van der Waals surface area contributed by atoms with Crippen molar-refractivity contribution in [3.05, 3.63) is 0 Å². The second kappa shape index (κ2) is 4.44. The number of hydrogen-bond acceptors (Lipinski definition) is 0. The van der Waals surface area contributed by atoms with E-state index in [0.717, 1.165) is 0 Å². The Bertz CT molecular complexity index is 11.6. The van der Waals surface area contributed by atoms with Gasteiger partial charge in [0.1, 0.15) is 0 Å². The quantitative estimate of drug-likeness (QED) is 0.364. The number of halogens is 1. The molecule has 0 aromatic rings. The molecule has 5 heavy (non-hydrogen) atoms. The fourth-order valence-corrected chi connectivity index (χ4v) is 0. The summed E-state index contributed by atoms with van der Waals surface area (Å²) in [7, 11) is 0. The lowest BCUT2D eigenvalue weighted by Gasteiger charge is -1.77. The lowest BCUT2D eigenvalue weighted by molar-refractivity contribution is -0.407. The number of hydrogen-bond donors (Lipinski definition) is 1. The molecule has 0 aliphatic carbocycles. The van der Waals surface area contributed by atoms with Crippen molar-refractivity contribution in [3.8, 4) is 0 Å². The minimum Gasteiger partial charge on any atom is -1.00 e. The first-order valence-electron chi connectivity index (χ1n) is 1.56. The van der Waals surface area contributed by atoms with Crippen LogP contribution in [0.4, 0.5) is 0 Å². The first kappa shape index (κ1) is 9.06. The van der Waals surface area contributed by atoms with E-state index in [2.05, 4.69) is 19.6 Å². The summed E-state index contributed by atoms with van der Waals surface area (Å²) in [6.45, 7) is 4.11. The van der Waals surface area contributed by atoms with Crippen LogP contribution < -0.4 is 22.7 Å². The van der Waals surface area contributed by atoms with Crippen LogP contribution in [0.25, 0.3) is 0 Å². The topological polar surface area (TPSA) is 27.6 Å². The van der Waals surface area contributed by atoms with E-state index >= 15 is 0 Å². The standard InChI is InChI=1S/C3H9N.BrH/c1-3(2)4;/h3H,4H2,1-2H3;1H. The van der Waals surface area contributed by atoms with Crippen molar-refractivity contribution in [1.29, 1.82) is 0 Å². The molecule has 0 amide bonds. The summed E-state index contributed by atoms with van der Waals surface area (Å²) in [5.74, 6) is 0. The van der Waals surface area contributed by atoms with Gasteiger partial charge in [-0.3, -0.25) is 0 Å². The predicted octanol–water partition coefficient (Wildman–Crippen LogP) is -3.36. The largest absolute Gasteiger partial charge is 1.00 e. The summed E-state index contributed by atoms with van der Waals surface area (Å²) in [6.07, 6.45) is 0. The molecule has 0 unspecified atom stereocenters. The molecule has 0 saturated heterocycles. The molecular formula is C3H10BrN. The van der Waals surface area contributed by atoms with Gasteiger partial charge in [-0.25, -0.2) is 0 Å². The third kappa shape index (κ3) is 137. The predicted molar refractivity (Wildman–Crippen MR) is 18.0 cm³/mol. The van der Waals surface area contributed by atoms with Crippen molar-refractivity contribution >= 4 is 0 Å². The van der Waals surface area contributed by atoms with Crippen molar-refractivity contribution in [2.24, 2.45) is 0 Å². The van der Waals surface area contributed by atoms with Crippen LogP contribution in [0, 0.1) is 0 Å². The molecule has 0 radical (unpaired) electrons. The van der Waals surface area contributed by atoms with Crippen LogP contribution in [0.15, 0.2) is 0 Å². The first-order valence-corrected chi connectivity index (χ1v) is 1.56. The van der Waals surface area contributed by atoms with Gasteiger partial charge >= 0.3 is 0 Å². The molecule has 0 saturated carbocycles.